The lowest BCUT2D eigenvalue weighted by Gasteiger charge is -2.20. The van der Waals surface area contributed by atoms with Gasteiger partial charge in [-0.3, -0.25) is 19.2 Å². The fourth-order valence-corrected chi connectivity index (χ4v) is 2.08. The maximum atomic E-state index is 11.4. The summed E-state index contributed by atoms with van der Waals surface area (Å²) in [4.78, 5) is 43.9. The molecule has 3 N–H and O–H groups in total. The minimum Gasteiger partial charge on any atom is -0.496 e. The SMILES string of the molecule is COc1ccc(NC(OC(=O)CC(=O)O)OC(=O)CC(=O)O)cc1Br. The first-order valence-electron chi connectivity index (χ1n) is 6.64. The zero-order chi connectivity index (χ0) is 19.0. The van der Waals surface area contributed by atoms with Crippen LogP contribution in [0.25, 0.3) is 0 Å². The van der Waals surface area contributed by atoms with Gasteiger partial charge in [0, 0.05) is 5.69 Å². The molecular weight excluding hydrogens is 406 g/mol. The van der Waals surface area contributed by atoms with Gasteiger partial charge in [0.25, 0.3) is 0 Å². The molecule has 10 nitrogen and oxygen atoms in total. The van der Waals surface area contributed by atoms with Gasteiger partial charge in [0.15, 0.2) is 0 Å². The van der Waals surface area contributed by atoms with Crippen LogP contribution in [-0.4, -0.2) is 47.6 Å². The molecule has 11 heteroatoms. The third kappa shape index (κ3) is 7.52. The minimum atomic E-state index is -1.71. The van der Waals surface area contributed by atoms with E-state index >= 15 is 0 Å². The Balaban J connectivity index is 2.86. The van der Waals surface area contributed by atoms with Crippen LogP contribution in [0, 0.1) is 0 Å². The second kappa shape index (κ2) is 9.47. The third-order valence-electron chi connectivity index (χ3n) is 2.50. The van der Waals surface area contributed by atoms with Gasteiger partial charge in [-0.2, -0.15) is 0 Å². The molecule has 0 fully saturated rings. The van der Waals surface area contributed by atoms with Crippen molar-refractivity contribution in [1.82, 2.24) is 0 Å². The van der Waals surface area contributed by atoms with Crippen LogP contribution < -0.4 is 10.1 Å². The van der Waals surface area contributed by atoms with E-state index in [1.54, 1.807) is 6.07 Å². The number of carboxylic acid groups (broad SMARTS) is 2. The molecule has 0 radical (unpaired) electrons. The number of hydrogen-bond acceptors (Lipinski definition) is 8. The van der Waals surface area contributed by atoms with Crippen LogP contribution in [0.3, 0.4) is 0 Å². The molecule has 0 amide bonds. The standard InChI is InChI=1S/C14H14BrNO9/c1-23-9-3-2-7(4-8(9)15)16-14(24-12(21)5-10(17)18)25-13(22)6-11(19)20/h2-4,14,16H,5-6H2,1H3,(H,17,18)(H,19,20). The lowest BCUT2D eigenvalue weighted by Crippen LogP contribution is -2.33. The molecule has 0 heterocycles. The monoisotopic (exact) mass is 419 g/mol. The number of benzene rings is 1. The highest BCUT2D eigenvalue weighted by atomic mass is 79.9. The number of carbonyl (C=O) groups excluding carboxylic acids is 2. The van der Waals surface area contributed by atoms with E-state index in [-0.39, 0.29) is 0 Å². The second-order valence-electron chi connectivity index (χ2n) is 4.45. The molecule has 0 saturated heterocycles. The molecule has 0 bridgehead atoms. The van der Waals surface area contributed by atoms with Gasteiger partial charge >= 0.3 is 30.3 Å². The van der Waals surface area contributed by atoms with Gasteiger partial charge in [-0.25, -0.2) is 0 Å². The summed E-state index contributed by atoms with van der Waals surface area (Å²) in [5, 5.41) is 19.6. The van der Waals surface area contributed by atoms with Crippen LogP contribution in [0.1, 0.15) is 12.8 Å². The fourth-order valence-electron chi connectivity index (χ4n) is 1.54. The molecule has 136 valence electrons. The van der Waals surface area contributed by atoms with Crippen LogP contribution in [0.4, 0.5) is 5.69 Å². The van der Waals surface area contributed by atoms with E-state index in [4.69, 9.17) is 24.4 Å². The average molecular weight is 420 g/mol. The number of carboxylic acids is 2. The maximum Gasteiger partial charge on any atom is 0.329 e. The topological polar surface area (TPSA) is 148 Å². The zero-order valence-electron chi connectivity index (χ0n) is 12.9. The molecule has 0 aliphatic rings. The number of hydrogen-bond donors (Lipinski definition) is 3. The van der Waals surface area contributed by atoms with Crippen LogP contribution >= 0.6 is 15.9 Å². The van der Waals surface area contributed by atoms with Gasteiger partial charge in [-0.05, 0) is 34.1 Å². The predicted octanol–water partition coefficient (Wildman–Crippen LogP) is 1.19. The molecule has 0 unspecified atom stereocenters. The van der Waals surface area contributed by atoms with Gasteiger partial charge < -0.3 is 29.7 Å². The minimum absolute atomic E-state index is 0.323. The average Bonchev–Trinajstić information content (AvgIpc) is 2.45. The second-order valence-corrected chi connectivity index (χ2v) is 5.30. The summed E-state index contributed by atoms with van der Waals surface area (Å²) in [5.41, 5.74) is 0.323. The number of anilines is 1. The molecule has 25 heavy (non-hydrogen) atoms. The van der Waals surface area contributed by atoms with Crippen molar-refractivity contribution in [3.8, 4) is 5.75 Å². The Kier molecular flexibility index (Phi) is 7.66. The Labute approximate surface area is 149 Å². The molecule has 0 spiro atoms. The van der Waals surface area contributed by atoms with Crippen molar-refractivity contribution in [2.45, 2.75) is 19.3 Å². The van der Waals surface area contributed by atoms with Gasteiger partial charge in [0.2, 0.25) is 0 Å². The molecule has 0 aromatic heterocycles. The first-order chi connectivity index (χ1) is 11.7. The van der Waals surface area contributed by atoms with Crippen LogP contribution in [0.5, 0.6) is 5.75 Å². The van der Waals surface area contributed by atoms with Crippen molar-refractivity contribution >= 4 is 45.5 Å². The number of nitrogens with one attached hydrogen (secondary N) is 1. The predicted molar refractivity (Wildman–Crippen MR) is 84.8 cm³/mol. The van der Waals surface area contributed by atoms with Gasteiger partial charge in [-0.1, -0.05) is 0 Å². The van der Waals surface area contributed by atoms with E-state index in [2.05, 4.69) is 21.2 Å². The zero-order valence-corrected chi connectivity index (χ0v) is 14.4. The lowest BCUT2D eigenvalue weighted by atomic mass is 10.3. The Morgan fingerprint density at radius 3 is 2.00 bits per heavy atom. The normalized spacial score (nSPS) is 10.0. The smallest absolute Gasteiger partial charge is 0.329 e. The van der Waals surface area contributed by atoms with Crippen molar-refractivity contribution in [2.75, 3.05) is 12.4 Å². The summed E-state index contributed by atoms with van der Waals surface area (Å²) in [6, 6.07) is 4.58. The highest BCUT2D eigenvalue weighted by Crippen LogP contribution is 2.28. The number of methoxy groups -OCH3 is 1. The summed E-state index contributed by atoms with van der Waals surface area (Å²) in [6.07, 6.45) is -3.62. The van der Waals surface area contributed by atoms with E-state index in [0.29, 0.717) is 15.9 Å². The van der Waals surface area contributed by atoms with Gasteiger partial charge in [-0.15, -0.1) is 0 Å². The van der Waals surface area contributed by atoms with E-state index in [0.717, 1.165) is 0 Å². The highest BCUT2D eigenvalue weighted by molar-refractivity contribution is 9.10. The van der Waals surface area contributed by atoms with Crippen molar-refractivity contribution < 1.29 is 43.6 Å². The molecule has 1 aromatic rings. The molecule has 1 rings (SSSR count). The van der Waals surface area contributed by atoms with Gasteiger partial charge in [0.05, 0.1) is 11.6 Å². The number of ether oxygens (including phenoxy) is 3. The largest absolute Gasteiger partial charge is 0.496 e. The summed E-state index contributed by atoms with van der Waals surface area (Å²) in [6.45, 7) is 0. The maximum absolute atomic E-state index is 11.4. The molecule has 0 aliphatic heterocycles. The lowest BCUT2D eigenvalue weighted by molar-refractivity contribution is -0.183. The molecular formula is C14H14BrNO9. The van der Waals surface area contributed by atoms with E-state index in [9.17, 15) is 19.2 Å². The number of rotatable bonds is 9. The fraction of sp³-hybridized carbons (Fsp3) is 0.286. The van der Waals surface area contributed by atoms with Crippen LogP contribution in [0.15, 0.2) is 22.7 Å². The van der Waals surface area contributed by atoms with Crippen molar-refractivity contribution in [1.29, 1.82) is 0 Å². The number of carbonyl (C=O) groups is 4. The number of esters is 2. The van der Waals surface area contributed by atoms with E-state index in [1.807, 2.05) is 0 Å². The first kappa shape index (κ1) is 20.2. The Bertz CT molecular complexity index is 646. The molecule has 0 saturated carbocycles. The molecule has 1 aromatic carbocycles. The summed E-state index contributed by atoms with van der Waals surface area (Å²) in [7, 11) is 1.46. The molecule has 0 atom stereocenters. The quantitative estimate of drug-likeness (QED) is 0.302. The summed E-state index contributed by atoms with van der Waals surface area (Å²) in [5.74, 6) is -4.73. The van der Waals surface area contributed by atoms with E-state index in [1.165, 1.54) is 19.2 Å². The van der Waals surface area contributed by atoms with Gasteiger partial charge in [0.1, 0.15) is 18.6 Å². The van der Waals surface area contributed by atoms with E-state index < -0.39 is 43.1 Å². The molecule has 0 aliphatic carbocycles. The highest BCUT2D eigenvalue weighted by Gasteiger charge is 2.22. The Hall–Kier alpha value is -2.82. The Morgan fingerprint density at radius 1 is 1.08 bits per heavy atom. The Morgan fingerprint density at radius 2 is 1.60 bits per heavy atom. The number of halogens is 1. The number of aliphatic carboxylic acids is 2. The third-order valence-corrected chi connectivity index (χ3v) is 3.12. The van der Waals surface area contributed by atoms with Crippen LogP contribution in [-0.2, 0) is 28.7 Å². The first-order valence-corrected chi connectivity index (χ1v) is 7.43. The van der Waals surface area contributed by atoms with Crippen molar-refractivity contribution in [3.05, 3.63) is 22.7 Å². The van der Waals surface area contributed by atoms with Crippen LogP contribution in [0.2, 0.25) is 0 Å². The summed E-state index contributed by atoms with van der Waals surface area (Å²) >= 11 is 3.23. The van der Waals surface area contributed by atoms with Crippen molar-refractivity contribution in [2.24, 2.45) is 0 Å². The summed E-state index contributed by atoms with van der Waals surface area (Å²) < 4.78 is 15.0. The van der Waals surface area contributed by atoms with Crippen molar-refractivity contribution in [3.63, 3.8) is 0 Å².